The predicted molar refractivity (Wildman–Crippen MR) is 113 cm³/mol. The Morgan fingerprint density at radius 3 is 2.67 bits per heavy atom. The van der Waals surface area contributed by atoms with Crippen LogP contribution in [0.3, 0.4) is 0 Å². The zero-order chi connectivity index (χ0) is 21.3. The fraction of sp³-hybridized carbons (Fsp3) is 0.143. The molecule has 4 rings (SSSR count). The van der Waals surface area contributed by atoms with Crippen molar-refractivity contribution in [3.8, 4) is 22.7 Å². The molecule has 1 amide bonds. The molecule has 0 spiro atoms. The average molecular weight is 423 g/mol. The number of aryl methyl sites for hydroxylation is 1. The van der Waals surface area contributed by atoms with E-state index >= 15 is 0 Å². The van der Waals surface area contributed by atoms with Crippen molar-refractivity contribution < 1.29 is 13.9 Å². The molecule has 152 valence electrons. The zero-order valence-corrected chi connectivity index (χ0v) is 17.3. The Morgan fingerprint density at radius 2 is 1.93 bits per heavy atom. The molecule has 0 radical (unpaired) electrons. The fourth-order valence-corrected chi connectivity index (χ4v) is 3.84. The van der Waals surface area contributed by atoms with Crippen LogP contribution in [-0.4, -0.2) is 33.0 Å². The molecule has 30 heavy (non-hydrogen) atoms. The lowest BCUT2D eigenvalue weighted by molar-refractivity contribution is 0.102. The van der Waals surface area contributed by atoms with E-state index in [-0.39, 0.29) is 11.5 Å². The number of amides is 1. The van der Waals surface area contributed by atoms with Crippen LogP contribution in [0.4, 0.5) is 9.52 Å². The molecule has 0 aliphatic heterocycles. The number of thiazole rings is 1. The summed E-state index contributed by atoms with van der Waals surface area (Å²) in [4.78, 5) is 18.2. The van der Waals surface area contributed by atoms with Gasteiger partial charge in [0, 0.05) is 16.5 Å². The second-order valence-corrected chi connectivity index (χ2v) is 7.72. The van der Waals surface area contributed by atoms with E-state index in [4.69, 9.17) is 4.74 Å². The molecule has 0 saturated heterocycles. The van der Waals surface area contributed by atoms with E-state index in [2.05, 4.69) is 20.6 Å². The summed E-state index contributed by atoms with van der Waals surface area (Å²) < 4.78 is 20.0. The molecule has 2 aromatic carbocycles. The van der Waals surface area contributed by atoms with Gasteiger partial charge in [-0.3, -0.25) is 10.1 Å². The molecule has 9 heteroatoms. The highest BCUT2D eigenvalue weighted by atomic mass is 32.1. The highest BCUT2D eigenvalue weighted by molar-refractivity contribution is 7.16. The summed E-state index contributed by atoms with van der Waals surface area (Å²) in [6, 6.07) is 13.4. The number of nitrogens with one attached hydrogen (secondary N) is 1. The van der Waals surface area contributed by atoms with Crippen molar-refractivity contribution in [2.45, 2.75) is 13.8 Å². The molecule has 0 aliphatic rings. The minimum Gasteiger partial charge on any atom is -0.497 e. The first kappa shape index (κ1) is 19.7. The maximum Gasteiger partial charge on any atom is 0.279 e. The number of nitrogens with zero attached hydrogens (tertiary/aromatic N) is 4. The summed E-state index contributed by atoms with van der Waals surface area (Å²) in [5.41, 5.74) is 3.02. The van der Waals surface area contributed by atoms with Crippen molar-refractivity contribution in [3.05, 3.63) is 70.6 Å². The third kappa shape index (κ3) is 3.79. The summed E-state index contributed by atoms with van der Waals surface area (Å²) in [6.45, 7) is 3.67. The van der Waals surface area contributed by atoms with Crippen LogP contribution in [0.1, 0.15) is 21.1 Å². The zero-order valence-electron chi connectivity index (χ0n) is 16.5. The number of hydrogen-bond donors (Lipinski definition) is 1. The van der Waals surface area contributed by atoms with Crippen LogP contribution in [0.25, 0.3) is 16.9 Å². The molecule has 0 fully saturated rings. The molecule has 0 bridgehead atoms. The molecule has 2 aromatic heterocycles. The van der Waals surface area contributed by atoms with Gasteiger partial charge in [0.1, 0.15) is 11.6 Å². The van der Waals surface area contributed by atoms with Gasteiger partial charge in [-0.15, -0.1) is 16.4 Å². The molecular weight excluding hydrogens is 405 g/mol. The van der Waals surface area contributed by atoms with E-state index in [0.29, 0.717) is 22.3 Å². The molecule has 7 nitrogen and oxygen atoms in total. The van der Waals surface area contributed by atoms with E-state index in [1.165, 1.54) is 23.5 Å². The fourth-order valence-electron chi connectivity index (χ4n) is 3.01. The normalized spacial score (nSPS) is 10.8. The van der Waals surface area contributed by atoms with Crippen LogP contribution >= 0.6 is 11.3 Å². The van der Waals surface area contributed by atoms with Crippen molar-refractivity contribution in [1.29, 1.82) is 0 Å². The van der Waals surface area contributed by atoms with Crippen LogP contribution in [-0.2, 0) is 0 Å². The molecule has 1 N–H and O–H groups in total. The van der Waals surface area contributed by atoms with Gasteiger partial charge in [0.25, 0.3) is 5.91 Å². The van der Waals surface area contributed by atoms with Crippen molar-refractivity contribution >= 4 is 22.4 Å². The number of ether oxygens (including phenoxy) is 1. The van der Waals surface area contributed by atoms with E-state index in [1.807, 2.05) is 31.2 Å². The second-order valence-electron chi connectivity index (χ2n) is 6.52. The average Bonchev–Trinajstić information content (AvgIpc) is 3.31. The molecule has 2 heterocycles. The number of hydrogen-bond acceptors (Lipinski definition) is 6. The van der Waals surface area contributed by atoms with E-state index < -0.39 is 5.91 Å². The van der Waals surface area contributed by atoms with Crippen molar-refractivity contribution in [1.82, 2.24) is 20.0 Å². The number of benzene rings is 2. The Balaban J connectivity index is 1.57. The third-order valence-electron chi connectivity index (χ3n) is 4.54. The maximum atomic E-state index is 13.2. The SMILES string of the molecule is COc1cccc(-n2nnc(C(=O)Nc3nc(-c4ccc(F)cc4)c(C)s3)c2C)c1. The Hall–Kier alpha value is -3.59. The Morgan fingerprint density at radius 1 is 1.17 bits per heavy atom. The first-order valence-corrected chi connectivity index (χ1v) is 9.89. The molecule has 0 unspecified atom stereocenters. The lowest BCUT2D eigenvalue weighted by Gasteiger charge is -2.06. The van der Waals surface area contributed by atoms with Gasteiger partial charge in [0.15, 0.2) is 10.8 Å². The summed E-state index contributed by atoms with van der Waals surface area (Å²) in [5.74, 6) is -0.0317. The Kier molecular flexibility index (Phi) is 5.28. The molecular formula is C21H18FN5O2S. The number of aromatic nitrogens is 4. The second kappa shape index (κ2) is 8.03. The summed E-state index contributed by atoms with van der Waals surface area (Å²) in [5, 5.41) is 11.4. The summed E-state index contributed by atoms with van der Waals surface area (Å²) in [6.07, 6.45) is 0. The lowest BCUT2D eigenvalue weighted by atomic mass is 10.1. The third-order valence-corrected chi connectivity index (χ3v) is 5.43. The van der Waals surface area contributed by atoms with Gasteiger partial charge in [-0.1, -0.05) is 11.3 Å². The van der Waals surface area contributed by atoms with E-state index in [9.17, 15) is 9.18 Å². The smallest absolute Gasteiger partial charge is 0.279 e. The highest BCUT2D eigenvalue weighted by Gasteiger charge is 2.20. The van der Waals surface area contributed by atoms with Crippen LogP contribution in [0.5, 0.6) is 5.75 Å². The van der Waals surface area contributed by atoms with Crippen LogP contribution in [0, 0.1) is 19.7 Å². The van der Waals surface area contributed by atoms with E-state index in [1.54, 1.807) is 30.8 Å². The number of carbonyl (C=O) groups is 1. The van der Waals surface area contributed by atoms with Crippen LogP contribution in [0.2, 0.25) is 0 Å². The van der Waals surface area contributed by atoms with Crippen molar-refractivity contribution in [3.63, 3.8) is 0 Å². The van der Waals surface area contributed by atoms with E-state index in [0.717, 1.165) is 16.1 Å². The first-order chi connectivity index (χ1) is 14.5. The minimum absolute atomic E-state index is 0.203. The van der Waals surface area contributed by atoms with Gasteiger partial charge < -0.3 is 4.74 Å². The van der Waals surface area contributed by atoms with Gasteiger partial charge in [0.05, 0.1) is 24.2 Å². The van der Waals surface area contributed by atoms with Gasteiger partial charge in [-0.05, 0) is 50.2 Å². The largest absolute Gasteiger partial charge is 0.497 e. The van der Waals surface area contributed by atoms with Gasteiger partial charge in [0.2, 0.25) is 0 Å². The topological polar surface area (TPSA) is 81.9 Å². The van der Waals surface area contributed by atoms with Crippen LogP contribution in [0.15, 0.2) is 48.5 Å². The number of methoxy groups -OCH3 is 1. The predicted octanol–water partition coefficient (Wildman–Crippen LogP) is 4.41. The Labute approximate surface area is 176 Å². The quantitative estimate of drug-likeness (QED) is 0.514. The van der Waals surface area contributed by atoms with Gasteiger partial charge >= 0.3 is 0 Å². The van der Waals surface area contributed by atoms with Gasteiger partial charge in [-0.2, -0.15) is 0 Å². The van der Waals surface area contributed by atoms with Crippen molar-refractivity contribution in [2.24, 2.45) is 0 Å². The monoisotopic (exact) mass is 423 g/mol. The van der Waals surface area contributed by atoms with Crippen molar-refractivity contribution in [2.75, 3.05) is 12.4 Å². The maximum absolute atomic E-state index is 13.2. The standard InChI is InChI=1S/C21H18FN5O2S/c1-12-18(25-26-27(12)16-5-4-6-17(11-16)29-3)20(28)24-21-23-19(13(2)30-21)14-7-9-15(22)10-8-14/h4-11H,1-3H3,(H,23,24,28). The molecule has 4 aromatic rings. The highest BCUT2D eigenvalue weighted by Crippen LogP contribution is 2.30. The first-order valence-electron chi connectivity index (χ1n) is 9.07. The molecule has 0 saturated carbocycles. The number of halogens is 1. The number of rotatable bonds is 5. The lowest BCUT2D eigenvalue weighted by Crippen LogP contribution is -2.14. The van der Waals surface area contributed by atoms with Gasteiger partial charge in [-0.25, -0.2) is 14.1 Å². The minimum atomic E-state index is -0.402. The molecule has 0 aliphatic carbocycles. The Bertz CT molecular complexity index is 1220. The van der Waals surface area contributed by atoms with Crippen LogP contribution < -0.4 is 10.1 Å². The number of anilines is 1. The summed E-state index contributed by atoms with van der Waals surface area (Å²) >= 11 is 1.34. The number of carbonyl (C=O) groups excluding carboxylic acids is 1. The summed E-state index contributed by atoms with van der Waals surface area (Å²) in [7, 11) is 1.59. The molecule has 0 atom stereocenters.